The van der Waals surface area contributed by atoms with E-state index < -0.39 is 11.6 Å². The molecule has 2 fully saturated rings. The average Bonchev–Trinajstić information content (AvgIpc) is 3.10. The average molecular weight is 404 g/mol. The summed E-state index contributed by atoms with van der Waals surface area (Å²) in [5.41, 5.74) is 6.55. The monoisotopic (exact) mass is 403 g/mol. The van der Waals surface area contributed by atoms with Crippen LogP contribution in [-0.4, -0.2) is 52.1 Å². The number of amides is 1. The third-order valence-corrected chi connectivity index (χ3v) is 5.93. The molecule has 0 aromatic carbocycles. The molecule has 0 bridgehead atoms. The first-order valence-electron chi connectivity index (χ1n) is 10.6. The molecule has 1 unspecified atom stereocenters. The van der Waals surface area contributed by atoms with E-state index in [2.05, 4.69) is 19.6 Å². The second-order valence-corrected chi connectivity index (χ2v) is 9.19. The molecule has 8 nitrogen and oxygen atoms in total. The van der Waals surface area contributed by atoms with Crippen LogP contribution in [0.4, 0.5) is 16.6 Å². The number of anilines is 2. The lowest BCUT2D eigenvalue weighted by Crippen LogP contribution is -2.52. The van der Waals surface area contributed by atoms with Crippen LogP contribution in [0.2, 0.25) is 0 Å². The van der Waals surface area contributed by atoms with Crippen LogP contribution < -0.4 is 10.6 Å². The lowest BCUT2D eigenvalue weighted by Gasteiger charge is -2.38. The van der Waals surface area contributed by atoms with Gasteiger partial charge in [-0.05, 0) is 39.5 Å². The Hall–Kier alpha value is -2.38. The van der Waals surface area contributed by atoms with Crippen LogP contribution in [-0.2, 0) is 16.0 Å². The van der Waals surface area contributed by atoms with E-state index in [-0.39, 0.29) is 12.5 Å². The van der Waals surface area contributed by atoms with Crippen molar-refractivity contribution in [2.24, 2.45) is 5.92 Å². The first-order chi connectivity index (χ1) is 13.8. The van der Waals surface area contributed by atoms with Gasteiger partial charge in [0.2, 0.25) is 5.95 Å². The molecule has 0 radical (unpaired) electrons. The van der Waals surface area contributed by atoms with Crippen molar-refractivity contribution >= 4 is 24.3 Å². The fraction of sp³-hybridized carbons (Fsp3) is 0.714. The Bertz CT molecular complexity index is 728. The molecule has 1 atom stereocenters. The van der Waals surface area contributed by atoms with Crippen LogP contribution in [0, 0.1) is 5.92 Å². The Labute approximate surface area is 172 Å². The molecule has 1 saturated carbocycles. The van der Waals surface area contributed by atoms with Crippen molar-refractivity contribution in [3.8, 4) is 0 Å². The van der Waals surface area contributed by atoms with E-state index in [1.165, 1.54) is 32.1 Å². The standard InChI is InChI=1S/C21H33N5O3/c1-21(2,3)26(20(28)29-14-27)17-9-10-25(13-17)18-12-16(23-19(22)24-18)11-15-7-5-4-6-8-15/h12,14-15,17H,4-11,13H2,1-3H3,(H2,22,23,24). The van der Waals surface area contributed by atoms with Gasteiger partial charge in [0.25, 0.3) is 0 Å². The number of ether oxygens (including phenoxy) is 1. The third kappa shape index (κ3) is 5.36. The fourth-order valence-electron chi connectivity index (χ4n) is 4.69. The Morgan fingerprint density at radius 3 is 2.66 bits per heavy atom. The molecule has 8 heteroatoms. The summed E-state index contributed by atoms with van der Waals surface area (Å²) in [6.07, 6.45) is 7.54. The molecule has 1 aromatic rings. The van der Waals surface area contributed by atoms with E-state index in [1.807, 2.05) is 26.8 Å². The minimum absolute atomic E-state index is 0.0690. The number of aromatic nitrogens is 2. The highest BCUT2D eigenvalue weighted by molar-refractivity contribution is 5.76. The van der Waals surface area contributed by atoms with Gasteiger partial charge in [-0.3, -0.25) is 9.69 Å². The molecule has 29 heavy (non-hydrogen) atoms. The summed E-state index contributed by atoms with van der Waals surface area (Å²) in [5.74, 6) is 1.78. The number of hydrogen-bond donors (Lipinski definition) is 1. The Kier molecular flexibility index (Phi) is 6.59. The first-order valence-corrected chi connectivity index (χ1v) is 10.6. The highest BCUT2D eigenvalue weighted by Crippen LogP contribution is 2.30. The summed E-state index contributed by atoms with van der Waals surface area (Å²) in [4.78, 5) is 35.7. The van der Waals surface area contributed by atoms with Crippen molar-refractivity contribution in [1.29, 1.82) is 0 Å². The number of carbonyl (C=O) groups excluding carboxylic acids is 2. The zero-order valence-corrected chi connectivity index (χ0v) is 17.8. The van der Waals surface area contributed by atoms with Gasteiger partial charge in [0, 0.05) is 30.4 Å². The van der Waals surface area contributed by atoms with Crippen LogP contribution in [0.5, 0.6) is 0 Å². The number of rotatable bonds is 5. The molecule has 160 valence electrons. The summed E-state index contributed by atoms with van der Waals surface area (Å²) in [6, 6.07) is 1.97. The molecule has 1 saturated heterocycles. The van der Waals surface area contributed by atoms with E-state index in [4.69, 9.17) is 5.73 Å². The molecule has 1 amide bonds. The number of carbonyl (C=O) groups is 2. The minimum Gasteiger partial charge on any atom is -0.379 e. The number of nitrogen functional groups attached to an aromatic ring is 1. The van der Waals surface area contributed by atoms with Crippen LogP contribution >= 0.6 is 0 Å². The van der Waals surface area contributed by atoms with E-state index in [0.717, 1.165) is 30.9 Å². The topological polar surface area (TPSA) is 102 Å². The molecule has 3 rings (SSSR count). The normalized spacial score (nSPS) is 20.5. The second-order valence-electron chi connectivity index (χ2n) is 9.19. The highest BCUT2D eigenvalue weighted by atomic mass is 16.6. The van der Waals surface area contributed by atoms with E-state index in [9.17, 15) is 9.59 Å². The zero-order valence-electron chi connectivity index (χ0n) is 17.8. The Balaban J connectivity index is 1.73. The zero-order chi connectivity index (χ0) is 21.0. The largest absolute Gasteiger partial charge is 0.418 e. The Morgan fingerprint density at radius 2 is 2.00 bits per heavy atom. The fourth-order valence-corrected chi connectivity index (χ4v) is 4.69. The van der Waals surface area contributed by atoms with Crippen molar-refractivity contribution in [1.82, 2.24) is 14.9 Å². The summed E-state index contributed by atoms with van der Waals surface area (Å²) in [6.45, 7) is 7.37. The van der Waals surface area contributed by atoms with Crippen molar-refractivity contribution in [3.63, 3.8) is 0 Å². The maximum absolute atomic E-state index is 12.4. The molecule has 2 N–H and O–H groups in total. The van der Waals surface area contributed by atoms with Gasteiger partial charge in [0.15, 0.2) is 0 Å². The summed E-state index contributed by atoms with van der Waals surface area (Å²) >= 11 is 0. The summed E-state index contributed by atoms with van der Waals surface area (Å²) < 4.78 is 4.65. The first kappa shape index (κ1) is 21.3. The second kappa shape index (κ2) is 8.97. The van der Waals surface area contributed by atoms with Crippen LogP contribution in [0.25, 0.3) is 0 Å². The molecule has 1 aliphatic heterocycles. The Morgan fingerprint density at radius 1 is 1.28 bits per heavy atom. The van der Waals surface area contributed by atoms with Gasteiger partial charge in [-0.2, -0.15) is 4.98 Å². The predicted octanol–water partition coefficient (Wildman–Crippen LogP) is 3.15. The van der Waals surface area contributed by atoms with Gasteiger partial charge in [-0.15, -0.1) is 0 Å². The molecule has 1 aliphatic carbocycles. The lowest BCUT2D eigenvalue weighted by atomic mass is 9.86. The molecular weight excluding hydrogens is 370 g/mol. The van der Waals surface area contributed by atoms with Crippen molar-refractivity contribution < 1.29 is 14.3 Å². The number of nitrogens with two attached hydrogens (primary N) is 1. The van der Waals surface area contributed by atoms with Crippen molar-refractivity contribution in [3.05, 3.63) is 11.8 Å². The maximum atomic E-state index is 12.4. The maximum Gasteiger partial charge on any atom is 0.418 e. The molecule has 2 heterocycles. The SMILES string of the molecule is CC(C)(C)N(C(=O)OC=O)C1CCN(c2cc(CC3CCCCC3)nc(N)n2)C1. The van der Waals surface area contributed by atoms with Gasteiger partial charge in [-0.1, -0.05) is 32.1 Å². The summed E-state index contributed by atoms with van der Waals surface area (Å²) in [7, 11) is 0. The molecular formula is C21H33N5O3. The molecule has 0 spiro atoms. The van der Waals surface area contributed by atoms with Crippen LogP contribution in [0.1, 0.15) is 65.0 Å². The van der Waals surface area contributed by atoms with Gasteiger partial charge >= 0.3 is 12.6 Å². The van der Waals surface area contributed by atoms with Crippen LogP contribution in [0.15, 0.2) is 6.07 Å². The van der Waals surface area contributed by atoms with Gasteiger partial charge in [0.1, 0.15) is 5.82 Å². The quantitative estimate of drug-likeness (QED) is 0.595. The van der Waals surface area contributed by atoms with Gasteiger partial charge in [-0.25, -0.2) is 9.78 Å². The van der Waals surface area contributed by atoms with E-state index in [0.29, 0.717) is 18.4 Å². The van der Waals surface area contributed by atoms with Gasteiger partial charge < -0.3 is 15.4 Å². The van der Waals surface area contributed by atoms with Crippen molar-refractivity contribution in [2.75, 3.05) is 23.7 Å². The summed E-state index contributed by atoms with van der Waals surface area (Å²) in [5, 5.41) is 0. The molecule has 2 aliphatic rings. The number of hydrogen-bond acceptors (Lipinski definition) is 7. The smallest absolute Gasteiger partial charge is 0.379 e. The number of nitrogens with zero attached hydrogens (tertiary/aromatic N) is 4. The van der Waals surface area contributed by atoms with E-state index in [1.54, 1.807) is 4.90 Å². The predicted molar refractivity (Wildman–Crippen MR) is 111 cm³/mol. The highest BCUT2D eigenvalue weighted by Gasteiger charge is 2.38. The van der Waals surface area contributed by atoms with Gasteiger partial charge in [0.05, 0.1) is 6.04 Å². The minimum atomic E-state index is -0.612. The van der Waals surface area contributed by atoms with E-state index >= 15 is 0 Å². The molecule has 1 aromatic heterocycles. The van der Waals surface area contributed by atoms with Crippen molar-refractivity contribution in [2.45, 2.75) is 77.3 Å². The van der Waals surface area contributed by atoms with Crippen LogP contribution in [0.3, 0.4) is 0 Å². The lowest BCUT2D eigenvalue weighted by molar-refractivity contribution is -0.125. The third-order valence-electron chi connectivity index (χ3n) is 5.93.